The van der Waals surface area contributed by atoms with Gasteiger partial charge in [0.25, 0.3) is 0 Å². The van der Waals surface area contributed by atoms with Gasteiger partial charge in [0.2, 0.25) is 0 Å². The minimum atomic E-state index is 0.601. The molecule has 0 radical (unpaired) electrons. The number of hydrogen-bond acceptors (Lipinski definition) is 5. The largest absolute Gasteiger partial charge is 0.373 e. The minimum Gasteiger partial charge on any atom is -0.373 e. The molecule has 0 aliphatic heterocycles. The highest BCUT2D eigenvalue weighted by atomic mass is 15.2. The van der Waals surface area contributed by atoms with E-state index >= 15 is 0 Å². The first-order valence-electron chi connectivity index (χ1n) is 6.64. The fourth-order valence-electron chi connectivity index (χ4n) is 2.05. The van der Waals surface area contributed by atoms with Crippen LogP contribution in [0.5, 0.6) is 0 Å². The molecule has 0 unspecified atom stereocenters. The summed E-state index contributed by atoms with van der Waals surface area (Å²) in [5, 5.41) is 7.25. The van der Waals surface area contributed by atoms with Gasteiger partial charge < -0.3 is 5.32 Å². The lowest BCUT2D eigenvalue weighted by Gasteiger charge is -2.07. The summed E-state index contributed by atoms with van der Waals surface area (Å²) in [5.74, 6) is 1.35. The zero-order valence-corrected chi connectivity index (χ0v) is 12.2. The monoisotopic (exact) mass is 280 g/mol. The van der Waals surface area contributed by atoms with Gasteiger partial charge in [0.15, 0.2) is 5.82 Å². The Labute approximate surface area is 122 Å². The standard InChI is InChI=1S/C15H16N6/c1-10-4-5-17-13(6-10)15-19-12(7-14(16-2)20-15)11-8-18-21(3)9-11/h4-9H,1-3H3,(H,16,19,20). The second-order valence-corrected chi connectivity index (χ2v) is 4.83. The van der Waals surface area contributed by atoms with Crippen molar-refractivity contribution >= 4 is 5.82 Å². The van der Waals surface area contributed by atoms with Crippen LogP contribution in [0.2, 0.25) is 0 Å². The van der Waals surface area contributed by atoms with Crippen molar-refractivity contribution in [2.24, 2.45) is 7.05 Å². The van der Waals surface area contributed by atoms with Gasteiger partial charge in [-0.25, -0.2) is 9.97 Å². The third-order valence-corrected chi connectivity index (χ3v) is 3.13. The Morgan fingerprint density at radius 1 is 1.14 bits per heavy atom. The van der Waals surface area contributed by atoms with E-state index in [0.717, 1.165) is 28.3 Å². The van der Waals surface area contributed by atoms with Gasteiger partial charge >= 0.3 is 0 Å². The molecule has 3 aromatic rings. The molecule has 0 aliphatic rings. The van der Waals surface area contributed by atoms with E-state index in [9.17, 15) is 0 Å². The number of nitrogens with one attached hydrogen (secondary N) is 1. The van der Waals surface area contributed by atoms with Crippen molar-refractivity contribution in [1.29, 1.82) is 0 Å². The average Bonchev–Trinajstić information content (AvgIpc) is 2.93. The summed E-state index contributed by atoms with van der Waals surface area (Å²) in [7, 11) is 3.72. The van der Waals surface area contributed by atoms with E-state index < -0.39 is 0 Å². The Bertz CT molecular complexity index is 777. The molecular formula is C15H16N6. The zero-order valence-electron chi connectivity index (χ0n) is 12.2. The van der Waals surface area contributed by atoms with Crippen molar-refractivity contribution in [2.75, 3.05) is 12.4 Å². The summed E-state index contributed by atoms with van der Waals surface area (Å²) < 4.78 is 1.75. The molecule has 0 saturated carbocycles. The van der Waals surface area contributed by atoms with E-state index in [2.05, 4.69) is 25.4 Å². The van der Waals surface area contributed by atoms with Crippen LogP contribution in [0.4, 0.5) is 5.82 Å². The molecule has 0 amide bonds. The Morgan fingerprint density at radius 2 is 2.00 bits per heavy atom. The molecule has 0 aliphatic carbocycles. The van der Waals surface area contributed by atoms with E-state index in [-0.39, 0.29) is 0 Å². The molecule has 21 heavy (non-hydrogen) atoms. The van der Waals surface area contributed by atoms with Crippen LogP contribution in [0.25, 0.3) is 22.8 Å². The normalized spacial score (nSPS) is 10.6. The lowest BCUT2D eigenvalue weighted by atomic mass is 10.2. The van der Waals surface area contributed by atoms with Crippen LogP contribution in [0.1, 0.15) is 5.56 Å². The summed E-state index contributed by atoms with van der Waals surface area (Å²) in [5.41, 5.74) is 3.66. The number of aryl methyl sites for hydroxylation is 2. The molecular weight excluding hydrogens is 264 g/mol. The van der Waals surface area contributed by atoms with Gasteiger partial charge in [-0.15, -0.1) is 0 Å². The minimum absolute atomic E-state index is 0.601. The fourth-order valence-corrected chi connectivity index (χ4v) is 2.05. The second kappa shape index (κ2) is 5.32. The van der Waals surface area contributed by atoms with Crippen molar-refractivity contribution < 1.29 is 0 Å². The van der Waals surface area contributed by atoms with Gasteiger partial charge in [0, 0.05) is 38.1 Å². The molecule has 3 aromatic heterocycles. The summed E-state index contributed by atoms with van der Waals surface area (Å²) in [4.78, 5) is 13.4. The van der Waals surface area contributed by atoms with E-state index in [0.29, 0.717) is 5.82 Å². The molecule has 3 rings (SSSR count). The molecule has 0 spiro atoms. The summed E-state index contributed by atoms with van der Waals surface area (Å²) in [6.07, 6.45) is 5.48. The molecule has 6 nitrogen and oxygen atoms in total. The molecule has 6 heteroatoms. The van der Waals surface area contributed by atoms with E-state index in [1.807, 2.05) is 45.4 Å². The van der Waals surface area contributed by atoms with Crippen molar-refractivity contribution in [3.63, 3.8) is 0 Å². The Hall–Kier alpha value is -2.76. The van der Waals surface area contributed by atoms with Gasteiger partial charge in [-0.05, 0) is 24.6 Å². The highest BCUT2D eigenvalue weighted by molar-refractivity contribution is 5.65. The van der Waals surface area contributed by atoms with E-state index in [1.165, 1.54) is 0 Å². The number of anilines is 1. The molecule has 0 fully saturated rings. The van der Waals surface area contributed by atoms with Gasteiger partial charge in [-0.2, -0.15) is 5.10 Å². The van der Waals surface area contributed by atoms with E-state index in [1.54, 1.807) is 17.1 Å². The second-order valence-electron chi connectivity index (χ2n) is 4.83. The number of nitrogens with zero attached hydrogens (tertiary/aromatic N) is 5. The molecule has 0 saturated heterocycles. The number of hydrogen-bond donors (Lipinski definition) is 1. The number of pyridine rings is 1. The molecule has 106 valence electrons. The highest BCUT2D eigenvalue weighted by Crippen LogP contribution is 2.23. The first-order valence-corrected chi connectivity index (χ1v) is 6.64. The van der Waals surface area contributed by atoms with Crippen molar-refractivity contribution in [3.8, 4) is 22.8 Å². The molecule has 1 N–H and O–H groups in total. The predicted octanol–water partition coefficient (Wildman–Crippen LogP) is 2.29. The number of rotatable bonds is 3. The molecule has 0 atom stereocenters. The van der Waals surface area contributed by atoms with Gasteiger partial charge in [-0.1, -0.05) is 0 Å². The summed E-state index contributed by atoms with van der Waals surface area (Å²) in [6.45, 7) is 2.02. The maximum Gasteiger partial charge on any atom is 0.180 e. The van der Waals surface area contributed by atoms with Gasteiger partial charge in [0.1, 0.15) is 11.5 Å². The summed E-state index contributed by atoms with van der Waals surface area (Å²) >= 11 is 0. The lowest BCUT2D eigenvalue weighted by molar-refractivity contribution is 0.768. The van der Waals surface area contributed by atoms with Crippen LogP contribution in [0.3, 0.4) is 0 Å². The quantitative estimate of drug-likeness (QED) is 0.797. The van der Waals surface area contributed by atoms with Crippen LogP contribution in [-0.2, 0) is 7.05 Å². The number of aromatic nitrogens is 5. The van der Waals surface area contributed by atoms with Crippen LogP contribution in [-0.4, -0.2) is 31.8 Å². The topological polar surface area (TPSA) is 68.5 Å². The zero-order chi connectivity index (χ0) is 14.8. The SMILES string of the molecule is CNc1cc(-c2cnn(C)c2)nc(-c2cc(C)ccn2)n1. The maximum atomic E-state index is 4.61. The van der Waals surface area contributed by atoms with Crippen LogP contribution < -0.4 is 5.32 Å². The molecule has 0 aromatic carbocycles. The van der Waals surface area contributed by atoms with Crippen molar-refractivity contribution in [3.05, 3.63) is 42.4 Å². The van der Waals surface area contributed by atoms with Crippen LogP contribution in [0.15, 0.2) is 36.8 Å². The molecule has 0 bridgehead atoms. The Morgan fingerprint density at radius 3 is 2.67 bits per heavy atom. The van der Waals surface area contributed by atoms with Crippen molar-refractivity contribution in [1.82, 2.24) is 24.7 Å². The Balaban J connectivity index is 2.13. The smallest absolute Gasteiger partial charge is 0.180 e. The van der Waals surface area contributed by atoms with Crippen molar-refractivity contribution in [2.45, 2.75) is 6.92 Å². The summed E-state index contributed by atoms with van der Waals surface area (Å²) in [6, 6.07) is 5.82. The third kappa shape index (κ3) is 2.74. The van der Waals surface area contributed by atoms with Gasteiger partial charge in [0.05, 0.1) is 11.9 Å². The first kappa shape index (κ1) is 13.2. The third-order valence-electron chi connectivity index (χ3n) is 3.13. The Kier molecular flexibility index (Phi) is 3.35. The first-order chi connectivity index (χ1) is 10.2. The average molecular weight is 280 g/mol. The van der Waals surface area contributed by atoms with Crippen LogP contribution in [0, 0.1) is 6.92 Å². The van der Waals surface area contributed by atoms with Gasteiger partial charge in [-0.3, -0.25) is 9.67 Å². The lowest BCUT2D eigenvalue weighted by Crippen LogP contribution is -1.99. The maximum absolute atomic E-state index is 4.61. The van der Waals surface area contributed by atoms with E-state index in [4.69, 9.17) is 0 Å². The predicted molar refractivity (Wildman–Crippen MR) is 81.7 cm³/mol. The fraction of sp³-hybridized carbons (Fsp3) is 0.200. The van der Waals surface area contributed by atoms with Crippen LogP contribution >= 0.6 is 0 Å². The highest BCUT2D eigenvalue weighted by Gasteiger charge is 2.10. The molecule has 3 heterocycles.